The average Bonchev–Trinajstić information content (AvgIpc) is 3.33. The van der Waals surface area contributed by atoms with Gasteiger partial charge in [-0.2, -0.15) is 0 Å². The zero-order valence-electron chi connectivity index (χ0n) is 17.9. The van der Waals surface area contributed by atoms with E-state index < -0.39 is 6.09 Å². The normalized spacial score (nSPS) is 11.5. The van der Waals surface area contributed by atoms with E-state index in [0.29, 0.717) is 18.0 Å². The Labute approximate surface area is 197 Å². The van der Waals surface area contributed by atoms with Crippen molar-refractivity contribution >= 4 is 23.4 Å². The van der Waals surface area contributed by atoms with Crippen molar-refractivity contribution in [2.24, 2.45) is 0 Å². The van der Waals surface area contributed by atoms with Crippen LogP contribution in [0.15, 0.2) is 97.6 Å². The van der Waals surface area contributed by atoms with Gasteiger partial charge in [0.2, 0.25) is 0 Å². The molecular weight excluding hydrogens is 438 g/mol. The molecule has 168 valence electrons. The summed E-state index contributed by atoms with van der Waals surface area (Å²) in [6, 6.07) is 24.0. The van der Waals surface area contributed by atoms with Crippen LogP contribution in [0.4, 0.5) is 10.5 Å². The van der Waals surface area contributed by atoms with Gasteiger partial charge in [-0.05, 0) is 66.9 Å². The molecule has 0 saturated heterocycles. The number of aryl methyl sites for hydroxylation is 1. The smallest absolute Gasteiger partial charge is 0.417 e. The van der Waals surface area contributed by atoms with Gasteiger partial charge in [-0.25, -0.2) is 9.78 Å². The average molecular weight is 462 g/mol. The summed E-state index contributed by atoms with van der Waals surface area (Å²) in [4.78, 5) is 16.2. The molecule has 1 amide bonds. The van der Waals surface area contributed by atoms with E-state index in [-0.39, 0.29) is 6.10 Å². The number of hydrogen-bond acceptors (Lipinski definition) is 4. The maximum atomic E-state index is 12.1. The van der Waals surface area contributed by atoms with Crippen LogP contribution < -0.4 is 14.8 Å². The summed E-state index contributed by atoms with van der Waals surface area (Å²) >= 11 is 5.99. The van der Waals surface area contributed by atoms with Gasteiger partial charge in [0.25, 0.3) is 0 Å². The Hall–Kier alpha value is -3.77. The van der Waals surface area contributed by atoms with Gasteiger partial charge in [0.1, 0.15) is 17.6 Å². The lowest BCUT2D eigenvalue weighted by molar-refractivity contribution is 0.170. The van der Waals surface area contributed by atoms with Crippen LogP contribution in [0, 0.1) is 0 Å². The molecule has 4 aromatic rings. The molecule has 1 N–H and O–H groups in total. The molecule has 1 aromatic heterocycles. The van der Waals surface area contributed by atoms with E-state index in [2.05, 4.69) is 10.3 Å². The molecule has 7 heteroatoms. The van der Waals surface area contributed by atoms with Crippen molar-refractivity contribution in [3.8, 4) is 11.5 Å². The van der Waals surface area contributed by atoms with Crippen LogP contribution in [0.5, 0.6) is 11.5 Å². The lowest BCUT2D eigenvalue weighted by Gasteiger charge is -2.20. The molecular formula is C26H24ClN3O3. The Morgan fingerprint density at radius 1 is 0.970 bits per heavy atom. The van der Waals surface area contributed by atoms with Gasteiger partial charge in [-0.3, -0.25) is 5.32 Å². The second-order valence-electron chi connectivity index (χ2n) is 7.52. The van der Waals surface area contributed by atoms with Crippen LogP contribution in [-0.4, -0.2) is 21.7 Å². The number of imidazole rings is 1. The molecule has 3 aromatic carbocycles. The maximum absolute atomic E-state index is 12.1. The number of anilines is 1. The van der Waals surface area contributed by atoms with Gasteiger partial charge in [-0.15, -0.1) is 0 Å². The molecule has 33 heavy (non-hydrogen) atoms. The number of rotatable bonds is 9. The predicted octanol–water partition coefficient (Wildman–Crippen LogP) is 6.23. The summed E-state index contributed by atoms with van der Waals surface area (Å²) in [6.07, 6.45) is 6.54. The minimum atomic E-state index is -0.546. The summed E-state index contributed by atoms with van der Waals surface area (Å²) in [5.74, 6) is 1.20. The summed E-state index contributed by atoms with van der Waals surface area (Å²) in [6.45, 7) is 0.678. The number of para-hydroxylation sites is 1. The van der Waals surface area contributed by atoms with Crippen LogP contribution in [-0.2, 0) is 13.0 Å². The fourth-order valence-electron chi connectivity index (χ4n) is 3.34. The van der Waals surface area contributed by atoms with Crippen molar-refractivity contribution in [1.29, 1.82) is 0 Å². The van der Waals surface area contributed by atoms with Crippen LogP contribution >= 0.6 is 11.6 Å². The number of carbonyl (C=O) groups excluding carboxylic acids is 1. The van der Waals surface area contributed by atoms with E-state index in [4.69, 9.17) is 21.1 Å². The molecule has 0 spiro atoms. The standard InChI is InChI=1S/C26H24ClN3O3/c27-21-9-6-20(7-10-21)8-13-25(18-30-17-16-28-19-30)32-24-14-11-22(12-15-24)29-26(31)33-23-4-2-1-3-5-23/h1-7,9-12,14-17,19,25H,8,13,18H2,(H,29,31). The summed E-state index contributed by atoms with van der Waals surface area (Å²) in [5, 5.41) is 3.45. The highest BCUT2D eigenvalue weighted by Gasteiger charge is 2.13. The number of amides is 1. The molecule has 0 bridgehead atoms. The summed E-state index contributed by atoms with van der Waals surface area (Å²) < 4.78 is 13.5. The third kappa shape index (κ3) is 7.12. The maximum Gasteiger partial charge on any atom is 0.417 e. The molecule has 0 aliphatic rings. The lowest BCUT2D eigenvalue weighted by atomic mass is 10.1. The highest BCUT2D eigenvalue weighted by Crippen LogP contribution is 2.20. The highest BCUT2D eigenvalue weighted by atomic mass is 35.5. The van der Waals surface area contributed by atoms with Crippen molar-refractivity contribution in [2.75, 3.05) is 5.32 Å². The van der Waals surface area contributed by atoms with E-state index in [1.165, 1.54) is 5.56 Å². The monoisotopic (exact) mass is 461 g/mol. The predicted molar refractivity (Wildman–Crippen MR) is 129 cm³/mol. The number of carbonyl (C=O) groups is 1. The van der Waals surface area contributed by atoms with E-state index >= 15 is 0 Å². The zero-order valence-corrected chi connectivity index (χ0v) is 18.7. The molecule has 6 nitrogen and oxygen atoms in total. The van der Waals surface area contributed by atoms with E-state index in [1.807, 2.05) is 65.4 Å². The van der Waals surface area contributed by atoms with Gasteiger partial charge in [0.15, 0.2) is 0 Å². The molecule has 0 saturated carbocycles. The minimum absolute atomic E-state index is 0.0586. The van der Waals surface area contributed by atoms with Crippen molar-refractivity contribution in [2.45, 2.75) is 25.5 Å². The van der Waals surface area contributed by atoms with Gasteiger partial charge < -0.3 is 14.0 Å². The van der Waals surface area contributed by atoms with Gasteiger partial charge >= 0.3 is 6.09 Å². The molecule has 0 aliphatic heterocycles. The minimum Gasteiger partial charge on any atom is -0.489 e. The number of nitrogens with zero attached hydrogens (tertiary/aromatic N) is 2. The van der Waals surface area contributed by atoms with Crippen molar-refractivity contribution < 1.29 is 14.3 Å². The molecule has 4 rings (SSSR count). The van der Waals surface area contributed by atoms with Gasteiger partial charge in [0, 0.05) is 23.1 Å². The number of ether oxygens (including phenoxy) is 2. The van der Waals surface area contributed by atoms with Crippen molar-refractivity contribution in [3.63, 3.8) is 0 Å². The first-order valence-electron chi connectivity index (χ1n) is 10.6. The number of hydrogen-bond donors (Lipinski definition) is 1. The van der Waals surface area contributed by atoms with E-state index in [9.17, 15) is 4.79 Å². The lowest BCUT2D eigenvalue weighted by Crippen LogP contribution is -2.23. The topological polar surface area (TPSA) is 65.4 Å². The van der Waals surface area contributed by atoms with E-state index in [0.717, 1.165) is 23.6 Å². The Morgan fingerprint density at radius 3 is 2.42 bits per heavy atom. The van der Waals surface area contributed by atoms with Crippen LogP contribution in [0.25, 0.3) is 0 Å². The van der Waals surface area contributed by atoms with Crippen LogP contribution in [0.1, 0.15) is 12.0 Å². The first-order valence-corrected chi connectivity index (χ1v) is 11.0. The van der Waals surface area contributed by atoms with Crippen molar-refractivity contribution in [3.05, 3.63) is 108 Å². The summed E-state index contributed by atoms with van der Waals surface area (Å²) in [7, 11) is 0. The molecule has 0 radical (unpaired) electrons. The van der Waals surface area contributed by atoms with Gasteiger partial charge in [0.05, 0.1) is 12.9 Å². The number of halogens is 1. The quantitative estimate of drug-likeness (QED) is 0.321. The largest absolute Gasteiger partial charge is 0.489 e. The second-order valence-corrected chi connectivity index (χ2v) is 7.95. The van der Waals surface area contributed by atoms with Crippen LogP contribution in [0.3, 0.4) is 0 Å². The molecule has 1 atom stereocenters. The Balaban J connectivity index is 1.35. The van der Waals surface area contributed by atoms with E-state index in [1.54, 1.807) is 36.8 Å². The zero-order chi connectivity index (χ0) is 22.9. The number of benzene rings is 3. The molecule has 1 unspecified atom stereocenters. The summed E-state index contributed by atoms with van der Waals surface area (Å²) in [5.41, 5.74) is 1.82. The molecule has 0 aliphatic carbocycles. The third-order valence-electron chi connectivity index (χ3n) is 5.00. The number of aromatic nitrogens is 2. The van der Waals surface area contributed by atoms with Crippen LogP contribution in [0.2, 0.25) is 5.02 Å². The Bertz CT molecular complexity index is 1130. The van der Waals surface area contributed by atoms with Gasteiger partial charge in [-0.1, -0.05) is 41.9 Å². The first-order chi connectivity index (χ1) is 16.1. The first kappa shape index (κ1) is 22.4. The Kier molecular flexibility index (Phi) is 7.61. The SMILES string of the molecule is O=C(Nc1ccc(OC(CCc2ccc(Cl)cc2)Cn2ccnc2)cc1)Oc1ccccc1. The Morgan fingerprint density at radius 2 is 1.73 bits per heavy atom. The third-order valence-corrected chi connectivity index (χ3v) is 5.25. The fraction of sp³-hybridized carbons (Fsp3) is 0.154. The molecule has 0 fully saturated rings. The highest BCUT2D eigenvalue weighted by molar-refractivity contribution is 6.30. The second kappa shape index (κ2) is 11.2. The van der Waals surface area contributed by atoms with Crippen molar-refractivity contribution in [1.82, 2.24) is 9.55 Å². The molecule has 1 heterocycles. The number of nitrogens with one attached hydrogen (secondary N) is 1. The fourth-order valence-corrected chi connectivity index (χ4v) is 3.47.